The first-order valence-electron chi connectivity index (χ1n) is 4.19. The Kier molecular flexibility index (Phi) is 1.84. The number of aromatic nitrogens is 1. The SMILES string of the molecule is N#CC(NC1CC1)c1ccc[nH]1. The quantitative estimate of drug-likeness (QED) is 0.702. The van der Waals surface area contributed by atoms with Gasteiger partial charge in [0.15, 0.2) is 0 Å². The van der Waals surface area contributed by atoms with Gasteiger partial charge in [0.25, 0.3) is 0 Å². The van der Waals surface area contributed by atoms with Crippen molar-refractivity contribution in [2.45, 2.75) is 24.9 Å². The van der Waals surface area contributed by atoms with Crippen molar-refractivity contribution in [2.24, 2.45) is 0 Å². The number of aromatic amines is 1. The summed E-state index contributed by atoms with van der Waals surface area (Å²) in [5.74, 6) is 0. The zero-order valence-electron chi connectivity index (χ0n) is 6.75. The van der Waals surface area contributed by atoms with Crippen LogP contribution in [0, 0.1) is 11.3 Å². The van der Waals surface area contributed by atoms with Crippen LogP contribution in [0.4, 0.5) is 0 Å². The second-order valence-electron chi connectivity index (χ2n) is 3.13. The van der Waals surface area contributed by atoms with Crippen LogP contribution in [0.2, 0.25) is 0 Å². The van der Waals surface area contributed by atoms with Crippen LogP contribution >= 0.6 is 0 Å². The lowest BCUT2D eigenvalue weighted by Gasteiger charge is -2.07. The Hall–Kier alpha value is -1.27. The van der Waals surface area contributed by atoms with E-state index in [1.54, 1.807) is 0 Å². The zero-order valence-corrected chi connectivity index (χ0v) is 6.75. The molecule has 2 rings (SSSR count). The van der Waals surface area contributed by atoms with Gasteiger partial charge in [-0.2, -0.15) is 5.26 Å². The van der Waals surface area contributed by atoms with Gasteiger partial charge in [0.05, 0.1) is 6.07 Å². The molecule has 2 N–H and O–H groups in total. The second kappa shape index (κ2) is 3.00. The maximum atomic E-state index is 8.84. The van der Waals surface area contributed by atoms with E-state index in [2.05, 4.69) is 16.4 Å². The normalized spacial score (nSPS) is 18.6. The molecule has 0 aliphatic heterocycles. The highest BCUT2D eigenvalue weighted by molar-refractivity contribution is 5.16. The average molecular weight is 161 g/mol. The Morgan fingerprint density at radius 2 is 2.50 bits per heavy atom. The monoisotopic (exact) mass is 161 g/mol. The number of hydrogen-bond acceptors (Lipinski definition) is 2. The van der Waals surface area contributed by atoms with Crippen LogP contribution in [0.25, 0.3) is 0 Å². The molecule has 1 fully saturated rings. The summed E-state index contributed by atoms with van der Waals surface area (Å²) >= 11 is 0. The van der Waals surface area contributed by atoms with Gasteiger partial charge in [0.1, 0.15) is 6.04 Å². The Morgan fingerprint density at radius 1 is 1.67 bits per heavy atom. The van der Waals surface area contributed by atoms with Gasteiger partial charge in [-0.05, 0) is 25.0 Å². The summed E-state index contributed by atoms with van der Waals surface area (Å²) in [6.07, 6.45) is 4.26. The van der Waals surface area contributed by atoms with Crippen molar-refractivity contribution in [3.8, 4) is 6.07 Å². The molecular weight excluding hydrogens is 150 g/mol. The average Bonchev–Trinajstić information content (AvgIpc) is 2.74. The fourth-order valence-corrected chi connectivity index (χ4v) is 1.21. The van der Waals surface area contributed by atoms with Crippen molar-refractivity contribution in [3.05, 3.63) is 24.0 Å². The van der Waals surface area contributed by atoms with Gasteiger partial charge < -0.3 is 4.98 Å². The van der Waals surface area contributed by atoms with Gasteiger partial charge in [0.2, 0.25) is 0 Å². The first-order valence-corrected chi connectivity index (χ1v) is 4.19. The highest BCUT2D eigenvalue weighted by Crippen LogP contribution is 2.23. The number of nitriles is 1. The highest BCUT2D eigenvalue weighted by atomic mass is 15.0. The molecule has 62 valence electrons. The lowest BCUT2D eigenvalue weighted by atomic mass is 10.2. The van der Waals surface area contributed by atoms with Gasteiger partial charge in [-0.3, -0.25) is 5.32 Å². The molecular formula is C9H11N3. The van der Waals surface area contributed by atoms with Crippen molar-refractivity contribution in [2.75, 3.05) is 0 Å². The maximum Gasteiger partial charge on any atom is 0.136 e. The van der Waals surface area contributed by atoms with Crippen molar-refractivity contribution in [1.29, 1.82) is 5.26 Å². The van der Waals surface area contributed by atoms with Gasteiger partial charge >= 0.3 is 0 Å². The Labute approximate surface area is 71.4 Å². The Morgan fingerprint density at radius 3 is 3.00 bits per heavy atom. The van der Waals surface area contributed by atoms with E-state index in [0.717, 1.165) is 5.69 Å². The number of rotatable bonds is 3. The van der Waals surface area contributed by atoms with Crippen LogP contribution in [0.3, 0.4) is 0 Å². The summed E-state index contributed by atoms with van der Waals surface area (Å²) in [4.78, 5) is 3.04. The minimum atomic E-state index is -0.160. The van der Waals surface area contributed by atoms with E-state index in [1.807, 2.05) is 18.3 Å². The van der Waals surface area contributed by atoms with E-state index in [1.165, 1.54) is 12.8 Å². The van der Waals surface area contributed by atoms with Gasteiger partial charge in [-0.15, -0.1) is 0 Å². The summed E-state index contributed by atoms with van der Waals surface area (Å²) in [7, 11) is 0. The third-order valence-electron chi connectivity index (χ3n) is 2.04. The van der Waals surface area contributed by atoms with Crippen molar-refractivity contribution >= 4 is 0 Å². The summed E-state index contributed by atoms with van der Waals surface area (Å²) in [5, 5.41) is 12.1. The fraction of sp³-hybridized carbons (Fsp3) is 0.444. The smallest absolute Gasteiger partial charge is 0.136 e. The largest absolute Gasteiger partial charge is 0.363 e. The van der Waals surface area contributed by atoms with Crippen LogP contribution in [0.15, 0.2) is 18.3 Å². The molecule has 1 saturated carbocycles. The third kappa shape index (κ3) is 1.49. The molecule has 0 aromatic carbocycles. The van der Waals surface area contributed by atoms with Crippen LogP contribution in [0.5, 0.6) is 0 Å². The van der Waals surface area contributed by atoms with Gasteiger partial charge in [-0.25, -0.2) is 0 Å². The molecule has 1 aliphatic carbocycles. The standard InChI is InChI=1S/C9H11N3/c10-6-9(12-7-3-4-7)8-2-1-5-11-8/h1-2,5,7,9,11-12H,3-4H2. The van der Waals surface area contributed by atoms with Crippen LogP contribution in [-0.4, -0.2) is 11.0 Å². The van der Waals surface area contributed by atoms with Crippen LogP contribution in [0.1, 0.15) is 24.6 Å². The highest BCUT2D eigenvalue weighted by Gasteiger charge is 2.25. The molecule has 1 unspecified atom stereocenters. The second-order valence-corrected chi connectivity index (χ2v) is 3.13. The van der Waals surface area contributed by atoms with Crippen molar-refractivity contribution < 1.29 is 0 Å². The Balaban J connectivity index is 2.03. The molecule has 1 aliphatic rings. The molecule has 3 heteroatoms. The summed E-state index contributed by atoms with van der Waals surface area (Å²) < 4.78 is 0. The molecule has 1 heterocycles. The number of nitrogens with zero attached hydrogens (tertiary/aromatic N) is 1. The first kappa shape index (κ1) is 7.38. The molecule has 12 heavy (non-hydrogen) atoms. The molecule has 0 bridgehead atoms. The summed E-state index contributed by atoms with van der Waals surface area (Å²) in [6.45, 7) is 0. The van der Waals surface area contributed by atoms with Crippen LogP contribution < -0.4 is 5.32 Å². The van der Waals surface area contributed by atoms with E-state index in [-0.39, 0.29) is 6.04 Å². The topological polar surface area (TPSA) is 51.6 Å². The minimum absolute atomic E-state index is 0.160. The fourth-order valence-electron chi connectivity index (χ4n) is 1.21. The number of nitrogens with one attached hydrogen (secondary N) is 2. The lowest BCUT2D eigenvalue weighted by Crippen LogP contribution is -2.22. The Bertz CT molecular complexity index is 279. The zero-order chi connectivity index (χ0) is 8.39. The summed E-state index contributed by atoms with van der Waals surface area (Å²) in [6, 6.07) is 6.49. The molecule has 1 atom stereocenters. The van der Waals surface area contributed by atoms with Crippen molar-refractivity contribution in [1.82, 2.24) is 10.3 Å². The van der Waals surface area contributed by atoms with E-state index >= 15 is 0 Å². The van der Waals surface area contributed by atoms with Gasteiger partial charge in [-0.1, -0.05) is 0 Å². The molecule has 0 saturated heterocycles. The van der Waals surface area contributed by atoms with E-state index in [4.69, 9.17) is 5.26 Å². The molecule has 1 aromatic rings. The third-order valence-corrected chi connectivity index (χ3v) is 2.04. The van der Waals surface area contributed by atoms with Crippen LogP contribution in [-0.2, 0) is 0 Å². The molecule has 0 spiro atoms. The molecule has 0 radical (unpaired) electrons. The number of hydrogen-bond donors (Lipinski definition) is 2. The van der Waals surface area contributed by atoms with E-state index < -0.39 is 0 Å². The summed E-state index contributed by atoms with van der Waals surface area (Å²) in [5.41, 5.74) is 0.962. The van der Waals surface area contributed by atoms with Gasteiger partial charge in [0, 0.05) is 17.9 Å². The van der Waals surface area contributed by atoms with E-state index in [0.29, 0.717) is 6.04 Å². The predicted molar refractivity (Wildman–Crippen MR) is 45.3 cm³/mol. The van der Waals surface area contributed by atoms with E-state index in [9.17, 15) is 0 Å². The molecule has 3 nitrogen and oxygen atoms in total. The van der Waals surface area contributed by atoms with Crippen molar-refractivity contribution in [3.63, 3.8) is 0 Å². The molecule has 1 aromatic heterocycles. The lowest BCUT2D eigenvalue weighted by molar-refractivity contribution is 0.615. The maximum absolute atomic E-state index is 8.84. The predicted octanol–water partition coefficient (Wildman–Crippen LogP) is 1.33. The number of H-pyrrole nitrogens is 1. The minimum Gasteiger partial charge on any atom is -0.363 e. The molecule has 0 amide bonds. The first-order chi connectivity index (χ1) is 5.90.